The van der Waals surface area contributed by atoms with Crippen LogP contribution in [-0.2, 0) is 4.79 Å². The third-order valence-electron chi connectivity index (χ3n) is 3.73. The number of nitrogens with one attached hydrogen (secondary N) is 2. The molecule has 6 heteroatoms. The number of carboxylic acids is 1. The molecule has 1 saturated carbocycles. The quantitative estimate of drug-likeness (QED) is 0.802. The number of halogens is 1. The van der Waals surface area contributed by atoms with Crippen molar-refractivity contribution in [2.24, 2.45) is 5.92 Å². The van der Waals surface area contributed by atoms with Crippen molar-refractivity contribution in [3.63, 3.8) is 0 Å². The van der Waals surface area contributed by atoms with Gasteiger partial charge in [-0.05, 0) is 43.9 Å². The van der Waals surface area contributed by atoms with Crippen molar-refractivity contribution in [3.05, 3.63) is 29.6 Å². The van der Waals surface area contributed by atoms with E-state index < -0.39 is 23.7 Å². The lowest BCUT2D eigenvalue weighted by Crippen LogP contribution is -2.42. The van der Waals surface area contributed by atoms with Gasteiger partial charge in [0.15, 0.2) is 0 Å². The van der Waals surface area contributed by atoms with Crippen molar-refractivity contribution < 1.29 is 19.1 Å². The molecular weight excluding hydrogens is 275 g/mol. The molecule has 1 aliphatic rings. The molecule has 114 valence electrons. The largest absolute Gasteiger partial charge is 0.481 e. The molecule has 0 bridgehead atoms. The lowest BCUT2D eigenvalue weighted by molar-refractivity contribution is -0.143. The summed E-state index contributed by atoms with van der Waals surface area (Å²) in [5, 5.41) is 14.2. The third-order valence-corrected chi connectivity index (χ3v) is 3.73. The molecule has 2 atom stereocenters. The summed E-state index contributed by atoms with van der Waals surface area (Å²) in [5.41, 5.74) is 0.888. The standard InChI is InChI=1S/C15H19FN2O3/c1-9-5-6-13(12(16)7-9)18-15(21)17-11-4-2-3-10(8-11)14(19)20/h5-7,10-11H,2-4,8H2,1H3,(H,19,20)(H2,17,18,21). The highest BCUT2D eigenvalue weighted by Gasteiger charge is 2.27. The molecule has 2 unspecified atom stereocenters. The van der Waals surface area contributed by atoms with Crippen molar-refractivity contribution in [1.82, 2.24) is 5.32 Å². The van der Waals surface area contributed by atoms with Gasteiger partial charge >= 0.3 is 12.0 Å². The monoisotopic (exact) mass is 294 g/mol. The maximum Gasteiger partial charge on any atom is 0.319 e. The Hall–Kier alpha value is -2.11. The number of benzene rings is 1. The first-order valence-corrected chi connectivity index (χ1v) is 7.02. The second kappa shape index (κ2) is 6.56. The molecular formula is C15H19FN2O3. The highest BCUT2D eigenvalue weighted by Crippen LogP contribution is 2.24. The van der Waals surface area contributed by atoms with Crippen molar-refractivity contribution in [2.75, 3.05) is 5.32 Å². The van der Waals surface area contributed by atoms with E-state index in [9.17, 15) is 14.0 Å². The van der Waals surface area contributed by atoms with E-state index in [2.05, 4.69) is 10.6 Å². The Kier molecular flexibility index (Phi) is 4.77. The molecule has 1 aromatic rings. The van der Waals surface area contributed by atoms with Crippen LogP contribution in [0.1, 0.15) is 31.2 Å². The van der Waals surface area contributed by atoms with Crippen molar-refractivity contribution in [2.45, 2.75) is 38.6 Å². The number of hydrogen-bond acceptors (Lipinski definition) is 2. The molecule has 0 saturated heterocycles. The molecule has 1 aromatic carbocycles. The van der Waals surface area contributed by atoms with Gasteiger partial charge in [-0.3, -0.25) is 4.79 Å². The fraction of sp³-hybridized carbons (Fsp3) is 0.467. The minimum atomic E-state index is -0.827. The van der Waals surface area contributed by atoms with Gasteiger partial charge < -0.3 is 15.7 Å². The number of carbonyl (C=O) groups is 2. The molecule has 0 heterocycles. The minimum absolute atomic E-state index is 0.115. The average molecular weight is 294 g/mol. The van der Waals surface area contributed by atoms with Gasteiger partial charge in [-0.25, -0.2) is 9.18 Å². The van der Waals surface area contributed by atoms with Crippen molar-refractivity contribution in [1.29, 1.82) is 0 Å². The molecule has 21 heavy (non-hydrogen) atoms. The van der Waals surface area contributed by atoms with E-state index in [0.29, 0.717) is 12.8 Å². The third kappa shape index (κ3) is 4.18. The van der Waals surface area contributed by atoms with E-state index in [1.54, 1.807) is 13.0 Å². The maximum absolute atomic E-state index is 13.6. The first-order chi connectivity index (χ1) is 9.95. The van der Waals surface area contributed by atoms with Crippen LogP contribution in [0.2, 0.25) is 0 Å². The summed E-state index contributed by atoms with van der Waals surface area (Å²) >= 11 is 0. The fourth-order valence-corrected chi connectivity index (χ4v) is 2.61. The Balaban J connectivity index is 1.91. The van der Waals surface area contributed by atoms with Gasteiger partial charge in [0.2, 0.25) is 0 Å². The first-order valence-electron chi connectivity index (χ1n) is 7.02. The van der Waals surface area contributed by atoms with Crippen LogP contribution >= 0.6 is 0 Å². The number of aryl methyl sites for hydroxylation is 1. The second-order valence-electron chi connectivity index (χ2n) is 5.48. The highest BCUT2D eigenvalue weighted by molar-refractivity contribution is 5.89. The lowest BCUT2D eigenvalue weighted by Gasteiger charge is -2.27. The number of urea groups is 1. The Labute approximate surface area is 122 Å². The predicted molar refractivity (Wildman–Crippen MR) is 76.7 cm³/mol. The number of amides is 2. The van der Waals surface area contributed by atoms with Crippen molar-refractivity contribution in [3.8, 4) is 0 Å². The van der Waals surface area contributed by atoms with Crippen LogP contribution in [0.15, 0.2) is 18.2 Å². The molecule has 2 rings (SSSR count). The molecule has 1 fully saturated rings. The molecule has 0 aliphatic heterocycles. The zero-order valence-electron chi connectivity index (χ0n) is 11.9. The Bertz CT molecular complexity index is 548. The van der Waals surface area contributed by atoms with Crippen LogP contribution in [-0.4, -0.2) is 23.1 Å². The maximum atomic E-state index is 13.6. The normalized spacial score (nSPS) is 21.6. The number of aliphatic carboxylic acids is 1. The van der Waals surface area contributed by atoms with E-state index in [1.165, 1.54) is 12.1 Å². The summed E-state index contributed by atoms with van der Waals surface area (Å²) in [5.74, 6) is -1.73. The number of rotatable bonds is 3. The Morgan fingerprint density at radius 2 is 2.10 bits per heavy atom. The van der Waals surface area contributed by atoms with E-state index in [-0.39, 0.29) is 11.7 Å². The molecule has 0 radical (unpaired) electrons. The van der Waals surface area contributed by atoms with E-state index in [0.717, 1.165) is 18.4 Å². The van der Waals surface area contributed by atoms with Gasteiger partial charge in [0.1, 0.15) is 5.82 Å². The van der Waals surface area contributed by atoms with Gasteiger partial charge in [-0.15, -0.1) is 0 Å². The molecule has 0 spiro atoms. The summed E-state index contributed by atoms with van der Waals surface area (Å²) in [6.07, 6.45) is 2.56. The zero-order chi connectivity index (χ0) is 15.4. The van der Waals surface area contributed by atoms with Crippen LogP contribution in [0.5, 0.6) is 0 Å². The van der Waals surface area contributed by atoms with Crippen LogP contribution in [0.3, 0.4) is 0 Å². The second-order valence-corrected chi connectivity index (χ2v) is 5.48. The summed E-state index contributed by atoms with van der Waals surface area (Å²) < 4.78 is 13.6. The van der Waals surface area contributed by atoms with Gasteiger partial charge in [0.05, 0.1) is 11.6 Å². The number of carboxylic acid groups (broad SMARTS) is 1. The smallest absolute Gasteiger partial charge is 0.319 e. The fourth-order valence-electron chi connectivity index (χ4n) is 2.61. The molecule has 3 N–H and O–H groups in total. The molecule has 5 nitrogen and oxygen atoms in total. The Morgan fingerprint density at radius 3 is 2.76 bits per heavy atom. The van der Waals surface area contributed by atoms with E-state index in [1.807, 2.05) is 0 Å². The lowest BCUT2D eigenvalue weighted by atomic mass is 9.86. The van der Waals surface area contributed by atoms with Crippen LogP contribution < -0.4 is 10.6 Å². The summed E-state index contributed by atoms with van der Waals surface area (Å²) in [4.78, 5) is 22.8. The van der Waals surface area contributed by atoms with Gasteiger partial charge in [0, 0.05) is 6.04 Å². The van der Waals surface area contributed by atoms with Gasteiger partial charge in [-0.2, -0.15) is 0 Å². The van der Waals surface area contributed by atoms with Gasteiger partial charge in [-0.1, -0.05) is 12.5 Å². The SMILES string of the molecule is Cc1ccc(NC(=O)NC2CCCC(C(=O)O)C2)c(F)c1. The van der Waals surface area contributed by atoms with Gasteiger partial charge in [0.25, 0.3) is 0 Å². The van der Waals surface area contributed by atoms with Crippen molar-refractivity contribution >= 4 is 17.7 Å². The summed E-state index contributed by atoms with van der Waals surface area (Å²) in [7, 11) is 0. The highest BCUT2D eigenvalue weighted by atomic mass is 19.1. The predicted octanol–water partition coefficient (Wildman–Crippen LogP) is 2.90. The summed E-state index contributed by atoms with van der Waals surface area (Å²) in [6, 6.07) is 3.86. The first kappa shape index (κ1) is 15.3. The van der Waals surface area contributed by atoms with Crippen LogP contribution in [0.4, 0.5) is 14.9 Å². The number of anilines is 1. The van der Waals surface area contributed by atoms with Crippen LogP contribution in [0.25, 0.3) is 0 Å². The summed E-state index contributed by atoms with van der Waals surface area (Å²) in [6.45, 7) is 1.76. The molecule has 0 aromatic heterocycles. The number of carbonyl (C=O) groups excluding carboxylic acids is 1. The molecule has 2 amide bonds. The van der Waals surface area contributed by atoms with E-state index in [4.69, 9.17) is 5.11 Å². The van der Waals surface area contributed by atoms with E-state index >= 15 is 0 Å². The average Bonchev–Trinajstić information content (AvgIpc) is 2.42. The minimum Gasteiger partial charge on any atom is -0.481 e. The topological polar surface area (TPSA) is 78.4 Å². The Morgan fingerprint density at radius 1 is 1.33 bits per heavy atom. The molecule has 1 aliphatic carbocycles. The zero-order valence-corrected chi connectivity index (χ0v) is 11.9. The van der Waals surface area contributed by atoms with Crippen LogP contribution in [0, 0.1) is 18.7 Å². The number of hydrogen-bond donors (Lipinski definition) is 3.